The van der Waals surface area contributed by atoms with E-state index in [4.69, 9.17) is 10.6 Å². The van der Waals surface area contributed by atoms with Crippen molar-refractivity contribution in [3.8, 4) is 11.5 Å². The first-order valence-corrected chi connectivity index (χ1v) is 4.17. The van der Waals surface area contributed by atoms with Crippen molar-refractivity contribution in [1.29, 1.82) is 0 Å². The van der Waals surface area contributed by atoms with E-state index < -0.39 is 0 Å². The van der Waals surface area contributed by atoms with Crippen LogP contribution in [0.3, 0.4) is 0 Å². The van der Waals surface area contributed by atoms with E-state index in [0.29, 0.717) is 5.75 Å². The van der Waals surface area contributed by atoms with Gasteiger partial charge in [0.1, 0.15) is 17.1 Å². The predicted octanol–water partition coefficient (Wildman–Crippen LogP) is 2.12. The van der Waals surface area contributed by atoms with Gasteiger partial charge in [-0.05, 0) is 45.0 Å². The fourth-order valence-electron chi connectivity index (χ4n) is 0.940. The molecule has 0 radical (unpaired) electrons. The highest BCUT2D eigenvalue weighted by atomic mass is 16.6. The van der Waals surface area contributed by atoms with Gasteiger partial charge >= 0.3 is 0 Å². The van der Waals surface area contributed by atoms with E-state index in [-0.39, 0.29) is 5.60 Å². The van der Waals surface area contributed by atoms with Gasteiger partial charge in [0.2, 0.25) is 0 Å². The van der Waals surface area contributed by atoms with Crippen LogP contribution in [0.25, 0.3) is 0 Å². The van der Waals surface area contributed by atoms with Crippen molar-refractivity contribution >= 4 is 0 Å². The minimum absolute atomic E-state index is 0.176. The number of hydrogen-bond acceptors (Lipinski definition) is 3. The molecule has 0 heterocycles. The Bertz CT molecular complexity index is 261. The van der Waals surface area contributed by atoms with Crippen LogP contribution in [0.1, 0.15) is 20.8 Å². The first-order chi connectivity index (χ1) is 6.01. The van der Waals surface area contributed by atoms with Crippen molar-refractivity contribution in [3.63, 3.8) is 0 Å². The Morgan fingerprint density at radius 2 is 1.46 bits per heavy atom. The Labute approximate surface area is 78.4 Å². The first-order valence-electron chi connectivity index (χ1n) is 4.17. The summed E-state index contributed by atoms with van der Waals surface area (Å²) in [5, 5.41) is 0. The van der Waals surface area contributed by atoms with Gasteiger partial charge in [0.25, 0.3) is 0 Å². The molecule has 0 saturated heterocycles. The third-order valence-corrected chi connectivity index (χ3v) is 1.38. The van der Waals surface area contributed by atoms with E-state index in [1.54, 1.807) is 12.1 Å². The zero-order valence-electron chi connectivity index (χ0n) is 8.20. The molecule has 0 aromatic heterocycles. The zero-order valence-corrected chi connectivity index (χ0v) is 8.20. The van der Waals surface area contributed by atoms with Crippen molar-refractivity contribution in [2.24, 2.45) is 5.90 Å². The highest BCUT2D eigenvalue weighted by molar-refractivity contribution is 5.31. The van der Waals surface area contributed by atoms with Crippen LogP contribution in [0.2, 0.25) is 0 Å². The number of hydrogen-bond donors (Lipinski definition) is 1. The summed E-state index contributed by atoms with van der Waals surface area (Å²) in [4.78, 5) is 4.54. The number of rotatable bonds is 2. The highest BCUT2D eigenvalue weighted by Crippen LogP contribution is 2.20. The maximum atomic E-state index is 5.60. The maximum Gasteiger partial charge on any atom is 0.147 e. The van der Waals surface area contributed by atoms with E-state index in [9.17, 15) is 0 Å². The van der Waals surface area contributed by atoms with Gasteiger partial charge in [0.15, 0.2) is 0 Å². The quantitative estimate of drug-likeness (QED) is 0.711. The zero-order chi connectivity index (χ0) is 9.90. The minimum Gasteiger partial charge on any atom is -0.488 e. The van der Waals surface area contributed by atoms with Crippen molar-refractivity contribution in [2.75, 3.05) is 0 Å². The largest absolute Gasteiger partial charge is 0.488 e. The standard InChI is InChI=1S/C10H15NO2/c1-10(2,3)12-8-4-6-9(13-11)7-5-8/h4-7H,11H2,1-3H3. The molecule has 72 valence electrons. The Hall–Kier alpha value is -1.22. The van der Waals surface area contributed by atoms with Crippen LogP contribution in [0.5, 0.6) is 11.5 Å². The van der Waals surface area contributed by atoms with E-state index in [0.717, 1.165) is 5.75 Å². The van der Waals surface area contributed by atoms with E-state index in [1.165, 1.54) is 0 Å². The van der Waals surface area contributed by atoms with Gasteiger partial charge in [-0.15, -0.1) is 0 Å². The Morgan fingerprint density at radius 1 is 1.00 bits per heavy atom. The van der Waals surface area contributed by atoms with Crippen LogP contribution < -0.4 is 15.5 Å². The molecule has 3 heteroatoms. The second-order valence-corrected chi connectivity index (χ2v) is 3.80. The summed E-state index contributed by atoms with van der Waals surface area (Å²) < 4.78 is 5.60. The molecule has 1 aromatic rings. The second kappa shape index (κ2) is 3.66. The summed E-state index contributed by atoms with van der Waals surface area (Å²) in [6.07, 6.45) is 0. The molecule has 0 atom stereocenters. The monoisotopic (exact) mass is 181 g/mol. The summed E-state index contributed by atoms with van der Waals surface area (Å²) in [6.45, 7) is 6.00. The molecule has 0 bridgehead atoms. The third kappa shape index (κ3) is 3.34. The van der Waals surface area contributed by atoms with Gasteiger partial charge in [0, 0.05) is 0 Å². The van der Waals surface area contributed by atoms with Crippen LogP contribution in [0.15, 0.2) is 24.3 Å². The fraction of sp³-hybridized carbons (Fsp3) is 0.400. The molecule has 0 amide bonds. The molecule has 1 rings (SSSR count). The fourth-order valence-corrected chi connectivity index (χ4v) is 0.940. The van der Waals surface area contributed by atoms with Crippen molar-refractivity contribution < 1.29 is 9.57 Å². The van der Waals surface area contributed by atoms with Crippen molar-refractivity contribution in [1.82, 2.24) is 0 Å². The molecule has 0 fully saturated rings. The van der Waals surface area contributed by atoms with Gasteiger partial charge in [0.05, 0.1) is 0 Å². The molecule has 0 aliphatic rings. The Morgan fingerprint density at radius 3 is 1.85 bits per heavy atom. The second-order valence-electron chi connectivity index (χ2n) is 3.80. The van der Waals surface area contributed by atoms with Crippen LogP contribution in [0.4, 0.5) is 0 Å². The Kier molecular flexibility index (Phi) is 2.78. The average Bonchev–Trinajstić information content (AvgIpc) is 2.03. The van der Waals surface area contributed by atoms with Crippen LogP contribution in [-0.2, 0) is 0 Å². The minimum atomic E-state index is -0.176. The topological polar surface area (TPSA) is 44.5 Å². The van der Waals surface area contributed by atoms with Crippen LogP contribution in [0, 0.1) is 0 Å². The lowest BCUT2D eigenvalue weighted by Crippen LogP contribution is -2.22. The third-order valence-electron chi connectivity index (χ3n) is 1.38. The van der Waals surface area contributed by atoms with E-state index >= 15 is 0 Å². The molecule has 0 saturated carbocycles. The summed E-state index contributed by atoms with van der Waals surface area (Å²) in [5.41, 5.74) is -0.176. The maximum absolute atomic E-state index is 5.60. The number of nitrogens with two attached hydrogens (primary N) is 1. The molecule has 2 N–H and O–H groups in total. The summed E-state index contributed by atoms with van der Waals surface area (Å²) in [5.74, 6) is 6.43. The highest BCUT2D eigenvalue weighted by Gasteiger charge is 2.11. The van der Waals surface area contributed by atoms with Crippen LogP contribution in [-0.4, -0.2) is 5.60 Å². The summed E-state index contributed by atoms with van der Waals surface area (Å²) in [7, 11) is 0. The van der Waals surface area contributed by atoms with Gasteiger partial charge in [-0.2, -0.15) is 5.90 Å². The van der Waals surface area contributed by atoms with Gasteiger partial charge in [-0.1, -0.05) is 0 Å². The molecule has 0 aliphatic carbocycles. The normalized spacial score (nSPS) is 11.1. The van der Waals surface area contributed by atoms with Gasteiger partial charge in [-0.3, -0.25) is 0 Å². The average molecular weight is 181 g/mol. The SMILES string of the molecule is CC(C)(C)Oc1ccc(ON)cc1. The Balaban J connectivity index is 2.70. The van der Waals surface area contributed by atoms with Crippen molar-refractivity contribution in [3.05, 3.63) is 24.3 Å². The number of benzene rings is 1. The lowest BCUT2D eigenvalue weighted by atomic mass is 10.2. The molecule has 13 heavy (non-hydrogen) atoms. The van der Waals surface area contributed by atoms with E-state index in [1.807, 2.05) is 32.9 Å². The summed E-state index contributed by atoms with van der Waals surface area (Å²) >= 11 is 0. The number of ether oxygens (including phenoxy) is 1. The summed E-state index contributed by atoms with van der Waals surface area (Å²) in [6, 6.07) is 7.18. The van der Waals surface area contributed by atoms with Gasteiger partial charge in [-0.25, -0.2) is 0 Å². The smallest absolute Gasteiger partial charge is 0.147 e. The van der Waals surface area contributed by atoms with Crippen LogP contribution >= 0.6 is 0 Å². The molecular formula is C10H15NO2. The van der Waals surface area contributed by atoms with Gasteiger partial charge < -0.3 is 9.57 Å². The molecule has 0 aliphatic heterocycles. The molecule has 3 nitrogen and oxygen atoms in total. The first kappa shape index (κ1) is 9.86. The lowest BCUT2D eigenvalue weighted by molar-refractivity contribution is 0.131. The predicted molar refractivity (Wildman–Crippen MR) is 51.6 cm³/mol. The molecule has 1 aromatic carbocycles. The lowest BCUT2D eigenvalue weighted by Gasteiger charge is -2.21. The van der Waals surface area contributed by atoms with Crippen molar-refractivity contribution in [2.45, 2.75) is 26.4 Å². The molecule has 0 spiro atoms. The molecular weight excluding hydrogens is 166 g/mol. The van der Waals surface area contributed by atoms with E-state index in [2.05, 4.69) is 4.84 Å². The molecule has 0 unspecified atom stereocenters.